The second-order valence-corrected chi connectivity index (χ2v) is 15.0. The minimum absolute atomic E-state index is 0.115. The summed E-state index contributed by atoms with van der Waals surface area (Å²) in [7, 11) is -1.66. The fraction of sp³-hybridized carbons (Fsp3) is 0.400. The number of allylic oxidation sites excluding steroid dienone is 1. The van der Waals surface area contributed by atoms with Crippen LogP contribution in [0, 0.1) is 20.8 Å². The summed E-state index contributed by atoms with van der Waals surface area (Å²) >= 11 is 0. The Morgan fingerprint density at radius 1 is 1.04 bits per heavy atom. The van der Waals surface area contributed by atoms with Gasteiger partial charge in [-0.05, 0) is 101 Å². The lowest BCUT2D eigenvalue weighted by atomic mass is 9.94. The Kier molecular flexibility index (Phi) is 8.07. The first-order chi connectivity index (χ1) is 21.4. The zero-order valence-corrected chi connectivity index (χ0v) is 27.3. The number of rotatable bonds is 10. The van der Waals surface area contributed by atoms with Gasteiger partial charge in [-0.1, -0.05) is 6.08 Å². The largest absolute Gasteiger partial charge is 0.354 e. The van der Waals surface area contributed by atoms with Crippen molar-refractivity contribution >= 4 is 32.5 Å². The maximum absolute atomic E-state index is 14.1. The minimum Gasteiger partial charge on any atom is -0.354 e. The topological polar surface area (TPSA) is 108 Å². The number of piperazine rings is 1. The molecule has 0 atom stereocenters. The summed E-state index contributed by atoms with van der Waals surface area (Å²) in [5.74, 6) is 0.749. The van der Waals surface area contributed by atoms with Crippen LogP contribution in [0.1, 0.15) is 58.4 Å². The summed E-state index contributed by atoms with van der Waals surface area (Å²) in [4.78, 5) is 38.8. The lowest BCUT2D eigenvalue weighted by molar-refractivity contribution is 0.0984. The molecule has 4 aromatic rings. The number of aromatic nitrogens is 3. The van der Waals surface area contributed by atoms with Gasteiger partial charge in [0.15, 0.2) is 5.78 Å². The van der Waals surface area contributed by atoms with Crippen LogP contribution in [0.5, 0.6) is 0 Å². The smallest absolute Gasteiger partial charge is 0.251 e. The van der Waals surface area contributed by atoms with Crippen molar-refractivity contribution in [3.63, 3.8) is 0 Å². The molecule has 10 heteroatoms. The lowest BCUT2D eigenvalue weighted by Crippen LogP contribution is -2.44. The van der Waals surface area contributed by atoms with Gasteiger partial charge < -0.3 is 14.8 Å². The summed E-state index contributed by atoms with van der Waals surface area (Å²) < 4.78 is 28.7. The van der Waals surface area contributed by atoms with Gasteiger partial charge in [-0.25, -0.2) is 17.4 Å². The Balaban J connectivity index is 1.43. The van der Waals surface area contributed by atoms with Crippen LogP contribution in [-0.4, -0.2) is 71.0 Å². The highest BCUT2D eigenvalue weighted by Gasteiger charge is 2.54. The first kappa shape index (κ1) is 31.0. The quantitative estimate of drug-likeness (QED) is 0.191. The second kappa shape index (κ2) is 11.7. The molecule has 1 saturated heterocycles. The molecule has 2 aliphatic rings. The number of hydrogen-bond donors (Lipinski definition) is 1. The van der Waals surface area contributed by atoms with Crippen molar-refractivity contribution in [3.05, 3.63) is 93.7 Å². The molecule has 0 unspecified atom stereocenters. The molecule has 1 aromatic carbocycles. The van der Waals surface area contributed by atoms with Crippen LogP contribution in [0.4, 0.5) is 5.82 Å². The van der Waals surface area contributed by atoms with Crippen molar-refractivity contribution in [1.82, 2.24) is 18.8 Å². The number of hydrogen-bond acceptors (Lipinski definition) is 7. The number of Topliss-reactive ketones (excluding diaryl/α,β-unsaturated/α-hetero) is 1. The Morgan fingerprint density at radius 3 is 2.40 bits per heavy atom. The molecule has 0 spiro atoms. The SMILES string of the molecule is C=CCC1(S(=O)(=O)n2cc(C)c3c(C(=O)CCc4c(C)cc(C)[nH]c4=O)cc(-c4ccc(N5CCN(C)CC5)nc4)cc32)CC1. The van der Waals surface area contributed by atoms with Crippen molar-refractivity contribution in [2.45, 2.75) is 57.6 Å². The van der Waals surface area contributed by atoms with Gasteiger partial charge in [0.1, 0.15) is 5.82 Å². The molecule has 6 rings (SSSR count). The molecule has 0 radical (unpaired) electrons. The summed E-state index contributed by atoms with van der Waals surface area (Å²) in [5.41, 5.74) is 5.18. The van der Waals surface area contributed by atoms with Gasteiger partial charge in [0.25, 0.3) is 5.56 Å². The first-order valence-electron chi connectivity index (χ1n) is 15.6. The van der Waals surface area contributed by atoms with E-state index in [0.29, 0.717) is 46.9 Å². The number of aromatic amines is 1. The van der Waals surface area contributed by atoms with E-state index in [-0.39, 0.29) is 24.2 Å². The van der Waals surface area contributed by atoms with Gasteiger partial charge in [-0.3, -0.25) is 9.59 Å². The molecule has 0 bridgehead atoms. The number of H-pyrrole nitrogens is 1. The summed E-state index contributed by atoms with van der Waals surface area (Å²) in [6.45, 7) is 13.1. The van der Waals surface area contributed by atoms with E-state index in [1.54, 1.807) is 18.5 Å². The zero-order valence-electron chi connectivity index (χ0n) is 26.5. The van der Waals surface area contributed by atoms with Crippen molar-refractivity contribution in [2.24, 2.45) is 0 Å². The van der Waals surface area contributed by atoms with Crippen LogP contribution in [-0.2, 0) is 16.4 Å². The van der Waals surface area contributed by atoms with Crippen LogP contribution in [0.15, 0.2) is 60.2 Å². The number of nitrogens with one attached hydrogen (secondary N) is 1. The maximum atomic E-state index is 14.1. The standard InChI is InChI=1S/C35H41N5O4S/c1-6-11-35(12-13-35)45(43,44)40-22-24(3)33-29(31(41)9-8-28-23(2)18-25(4)37-34(28)42)19-27(20-30(33)40)26-7-10-32(36-21-26)39-16-14-38(5)15-17-39/h6-7,10,18-22H,1,8-9,11-17H2,2-5H3,(H,37,42). The average Bonchev–Trinajstić information content (AvgIpc) is 3.73. The molecular weight excluding hydrogens is 586 g/mol. The zero-order chi connectivity index (χ0) is 32.1. The number of anilines is 1. The number of ketones is 1. The van der Waals surface area contributed by atoms with E-state index in [2.05, 4.69) is 28.4 Å². The monoisotopic (exact) mass is 627 g/mol. The van der Waals surface area contributed by atoms with Crippen molar-refractivity contribution in [2.75, 3.05) is 38.1 Å². The van der Waals surface area contributed by atoms with E-state index in [9.17, 15) is 18.0 Å². The second-order valence-electron chi connectivity index (χ2n) is 12.8. The molecule has 4 heterocycles. The van der Waals surface area contributed by atoms with E-state index in [1.165, 1.54) is 3.97 Å². The maximum Gasteiger partial charge on any atom is 0.251 e. The van der Waals surface area contributed by atoms with Crippen LogP contribution in [0.25, 0.3) is 22.0 Å². The Morgan fingerprint density at radius 2 is 1.78 bits per heavy atom. The van der Waals surface area contributed by atoms with Crippen LogP contribution >= 0.6 is 0 Å². The van der Waals surface area contributed by atoms with Crippen molar-refractivity contribution in [3.8, 4) is 11.1 Å². The predicted molar refractivity (Wildman–Crippen MR) is 180 cm³/mol. The molecule has 236 valence electrons. The van der Waals surface area contributed by atoms with E-state index >= 15 is 0 Å². The number of fused-ring (bicyclic) bond motifs is 1. The van der Waals surface area contributed by atoms with E-state index in [0.717, 1.165) is 54.4 Å². The summed E-state index contributed by atoms with van der Waals surface area (Å²) in [5, 5.41) is 0.623. The molecular formula is C35H41N5O4S. The van der Waals surface area contributed by atoms with Crippen molar-refractivity contribution in [1.29, 1.82) is 0 Å². The van der Waals surface area contributed by atoms with Crippen LogP contribution in [0.3, 0.4) is 0 Å². The Bertz CT molecular complexity index is 1960. The number of aryl methyl sites for hydroxylation is 3. The molecule has 9 nitrogen and oxygen atoms in total. The molecule has 1 N–H and O–H groups in total. The van der Waals surface area contributed by atoms with Gasteiger partial charge in [-0.15, -0.1) is 6.58 Å². The Labute approximate surface area is 264 Å². The van der Waals surface area contributed by atoms with Gasteiger partial charge in [0.2, 0.25) is 10.0 Å². The number of pyridine rings is 2. The van der Waals surface area contributed by atoms with Crippen molar-refractivity contribution < 1.29 is 13.2 Å². The number of carbonyl (C=O) groups is 1. The van der Waals surface area contributed by atoms with E-state index in [1.807, 2.05) is 51.1 Å². The molecule has 3 aromatic heterocycles. The predicted octanol–water partition coefficient (Wildman–Crippen LogP) is 5.17. The number of likely N-dealkylation sites (N-methyl/N-ethyl adjacent to an activating group) is 1. The fourth-order valence-corrected chi connectivity index (χ4v) is 8.70. The molecule has 45 heavy (non-hydrogen) atoms. The van der Waals surface area contributed by atoms with Gasteiger partial charge in [0, 0.05) is 72.8 Å². The highest BCUT2D eigenvalue weighted by molar-refractivity contribution is 7.91. The first-order valence-corrected chi connectivity index (χ1v) is 17.0. The highest BCUT2D eigenvalue weighted by atomic mass is 32.2. The molecule has 2 fully saturated rings. The average molecular weight is 628 g/mol. The number of carbonyl (C=O) groups excluding carboxylic acids is 1. The molecule has 1 saturated carbocycles. The Hall–Kier alpha value is -4.02. The minimum atomic E-state index is -3.77. The third-order valence-electron chi connectivity index (χ3n) is 9.50. The molecule has 0 amide bonds. The number of benzene rings is 1. The molecule has 1 aliphatic carbocycles. The van der Waals surface area contributed by atoms with E-state index < -0.39 is 14.8 Å². The fourth-order valence-electron chi connectivity index (χ4n) is 6.63. The van der Waals surface area contributed by atoms with E-state index in [4.69, 9.17) is 4.98 Å². The lowest BCUT2D eigenvalue weighted by Gasteiger charge is -2.33. The third-order valence-corrected chi connectivity index (χ3v) is 12.0. The summed E-state index contributed by atoms with van der Waals surface area (Å²) in [6, 6.07) is 9.60. The third kappa shape index (κ3) is 5.66. The number of nitrogens with zero attached hydrogens (tertiary/aromatic N) is 4. The van der Waals surface area contributed by atoms with Crippen LogP contribution < -0.4 is 10.5 Å². The van der Waals surface area contributed by atoms with Crippen LogP contribution in [0.2, 0.25) is 0 Å². The van der Waals surface area contributed by atoms with Gasteiger partial charge in [0.05, 0.1) is 10.3 Å². The summed E-state index contributed by atoms with van der Waals surface area (Å²) in [6.07, 6.45) is 7.05. The highest BCUT2D eigenvalue weighted by Crippen LogP contribution is 2.49. The van der Waals surface area contributed by atoms with Gasteiger partial charge in [-0.2, -0.15) is 0 Å². The van der Waals surface area contributed by atoms with Gasteiger partial charge >= 0.3 is 0 Å². The molecule has 1 aliphatic heterocycles. The normalized spacial score (nSPS) is 16.7.